The van der Waals surface area contributed by atoms with Gasteiger partial charge in [-0.2, -0.15) is 24.9 Å². The second kappa shape index (κ2) is 7.55. The minimum atomic E-state index is -4.38. The van der Waals surface area contributed by atoms with Crippen molar-refractivity contribution < 1.29 is 27.6 Å². The quantitative estimate of drug-likeness (QED) is 0.540. The van der Waals surface area contributed by atoms with Gasteiger partial charge in [0.1, 0.15) is 5.75 Å². The van der Waals surface area contributed by atoms with Crippen molar-refractivity contribution >= 4 is 17.4 Å². The molecule has 0 fully saturated rings. The minimum absolute atomic E-state index is 0.0625. The Labute approximate surface area is 151 Å². The summed E-state index contributed by atoms with van der Waals surface area (Å²) in [5, 5.41) is 11.1. The number of rotatable bonds is 5. The van der Waals surface area contributed by atoms with Crippen molar-refractivity contribution in [2.24, 2.45) is 0 Å². The number of nitro groups is 1. The zero-order valence-corrected chi connectivity index (χ0v) is 14.2. The summed E-state index contributed by atoms with van der Waals surface area (Å²) in [7, 11) is 0. The number of nitro benzene ring substituents is 1. The highest BCUT2D eigenvalue weighted by atomic mass is 32.2. The number of hydrogen-bond donors (Lipinski definition) is 0. The van der Waals surface area contributed by atoms with Gasteiger partial charge in [-0.05, 0) is 11.6 Å². The standard InChI is InChI=1S/C17H14F3NO4S/c18-17(19,20)14-3-1-2-11(4-14)8-26-9-13-6-15(21(22)23)5-12-7-24-10-25-16(12)13/h1-6H,7-10H2. The van der Waals surface area contributed by atoms with Crippen molar-refractivity contribution in [2.45, 2.75) is 24.3 Å². The van der Waals surface area contributed by atoms with Gasteiger partial charge >= 0.3 is 6.18 Å². The van der Waals surface area contributed by atoms with E-state index in [0.29, 0.717) is 33.9 Å². The van der Waals surface area contributed by atoms with Gasteiger partial charge in [0.15, 0.2) is 6.79 Å². The lowest BCUT2D eigenvalue weighted by atomic mass is 10.1. The van der Waals surface area contributed by atoms with Gasteiger partial charge in [-0.3, -0.25) is 10.1 Å². The van der Waals surface area contributed by atoms with Crippen LogP contribution in [-0.4, -0.2) is 11.7 Å². The van der Waals surface area contributed by atoms with Crippen LogP contribution in [0.5, 0.6) is 5.75 Å². The molecule has 5 nitrogen and oxygen atoms in total. The predicted octanol–water partition coefficient (Wildman–Crippen LogP) is 4.91. The highest BCUT2D eigenvalue weighted by Crippen LogP contribution is 2.36. The maximum atomic E-state index is 12.8. The number of ether oxygens (including phenoxy) is 2. The average molecular weight is 385 g/mol. The molecule has 0 bridgehead atoms. The number of fused-ring (bicyclic) bond motifs is 1. The Balaban J connectivity index is 1.74. The van der Waals surface area contributed by atoms with Crippen LogP contribution in [0, 0.1) is 10.1 Å². The molecule has 0 unspecified atom stereocenters. The van der Waals surface area contributed by atoms with E-state index in [0.717, 1.165) is 12.1 Å². The van der Waals surface area contributed by atoms with Crippen LogP contribution in [0.25, 0.3) is 0 Å². The molecule has 0 aliphatic carbocycles. The highest BCUT2D eigenvalue weighted by molar-refractivity contribution is 7.97. The van der Waals surface area contributed by atoms with E-state index in [1.165, 1.54) is 30.0 Å². The van der Waals surface area contributed by atoms with E-state index >= 15 is 0 Å². The summed E-state index contributed by atoms with van der Waals surface area (Å²) in [5.74, 6) is 1.27. The Morgan fingerprint density at radius 1 is 1.19 bits per heavy atom. The van der Waals surface area contributed by atoms with Crippen LogP contribution in [0.3, 0.4) is 0 Å². The summed E-state index contributed by atoms with van der Waals surface area (Å²) in [4.78, 5) is 10.6. The fraction of sp³-hybridized carbons (Fsp3) is 0.294. The Morgan fingerprint density at radius 2 is 2.00 bits per heavy atom. The molecular weight excluding hydrogens is 371 g/mol. The first kappa shape index (κ1) is 18.5. The maximum Gasteiger partial charge on any atom is 0.416 e. The Kier molecular flexibility index (Phi) is 5.38. The molecule has 0 N–H and O–H groups in total. The van der Waals surface area contributed by atoms with Crippen LogP contribution in [0.1, 0.15) is 22.3 Å². The molecule has 2 aromatic carbocycles. The largest absolute Gasteiger partial charge is 0.467 e. The second-order valence-corrected chi connectivity index (χ2v) is 6.64. The van der Waals surface area contributed by atoms with Crippen molar-refractivity contribution in [1.82, 2.24) is 0 Å². The summed E-state index contributed by atoms with van der Waals surface area (Å²) in [5.41, 5.74) is 1.01. The smallest absolute Gasteiger partial charge is 0.416 e. The maximum absolute atomic E-state index is 12.8. The van der Waals surface area contributed by atoms with Gasteiger partial charge in [0.2, 0.25) is 0 Å². The molecular formula is C17H14F3NO4S. The zero-order valence-electron chi connectivity index (χ0n) is 13.4. The van der Waals surface area contributed by atoms with Gasteiger partial charge in [-0.25, -0.2) is 0 Å². The monoisotopic (exact) mass is 385 g/mol. The van der Waals surface area contributed by atoms with E-state index in [-0.39, 0.29) is 19.1 Å². The third-order valence-corrected chi connectivity index (χ3v) is 4.82. The number of thioether (sulfide) groups is 1. The van der Waals surface area contributed by atoms with E-state index in [1.54, 1.807) is 6.07 Å². The van der Waals surface area contributed by atoms with Crippen LogP contribution in [0.15, 0.2) is 36.4 Å². The van der Waals surface area contributed by atoms with Gasteiger partial charge in [0.25, 0.3) is 5.69 Å². The molecule has 2 aromatic rings. The van der Waals surface area contributed by atoms with E-state index in [9.17, 15) is 23.3 Å². The van der Waals surface area contributed by atoms with E-state index < -0.39 is 16.7 Å². The molecule has 0 aromatic heterocycles. The molecule has 0 atom stereocenters. The molecule has 0 saturated heterocycles. The van der Waals surface area contributed by atoms with Crippen molar-refractivity contribution in [3.63, 3.8) is 0 Å². The van der Waals surface area contributed by atoms with Crippen LogP contribution in [-0.2, 0) is 29.0 Å². The van der Waals surface area contributed by atoms with Gasteiger partial charge in [0.05, 0.1) is 17.1 Å². The molecule has 0 saturated carbocycles. The van der Waals surface area contributed by atoms with Gasteiger partial charge < -0.3 is 9.47 Å². The Bertz CT molecular complexity index is 826. The molecule has 0 amide bonds. The number of alkyl halides is 3. The number of hydrogen-bond acceptors (Lipinski definition) is 5. The molecule has 1 aliphatic rings. The number of benzene rings is 2. The molecule has 1 aliphatic heterocycles. The van der Waals surface area contributed by atoms with Crippen LogP contribution in [0.4, 0.5) is 18.9 Å². The predicted molar refractivity (Wildman–Crippen MR) is 89.8 cm³/mol. The highest BCUT2D eigenvalue weighted by Gasteiger charge is 2.30. The molecule has 0 spiro atoms. The van der Waals surface area contributed by atoms with E-state index in [4.69, 9.17) is 9.47 Å². The first-order valence-corrected chi connectivity index (χ1v) is 8.74. The number of non-ortho nitro benzene ring substituents is 1. The molecule has 26 heavy (non-hydrogen) atoms. The molecule has 1 heterocycles. The topological polar surface area (TPSA) is 61.6 Å². The zero-order chi connectivity index (χ0) is 18.7. The lowest BCUT2D eigenvalue weighted by Crippen LogP contribution is -2.13. The van der Waals surface area contributed by atoms with Crippen LogP contribution < -0.4 is 4.74 Å². The van der Waals surface area contributed by atoms with Crippen molar-refractivity contribution in [2.75, 3.05) is 6.79 Å². The third kappa shape index (κ3) is 4.28. The van der Waals surface area contributed by atoms with Crippen LogP contribution in [0.2, 0.25) is 0 Å². The molecule has 9 heteroatoms. The average Bonchev–Trinajstić information content (AvgIpc) is 2.61. The van der Waals surface area contributed by atoms with Crippen molar-refractivity contribution in [3.8, 4) is 5.75 Å². The van der Waals surface area contributed by atoms with E-state index in [2.05, 4.69) is 0 Å². The first-order chi connectivity index (χ1) is 12.3. The minimum Gasteiger partial charge on any atom is -0.467 e. The van der Waals surface area contributed by atoms with Crippen molar-refractivity contribution in [1.29, 1.82) is 0 Å². The first-order valence-electron chi connectivity index (χ1n) is 7.59. The lowest BCUT2D eigenvalue weighted by molar-refractivity contribution is -0.385. The van der Waals surface area contributed by atoms with Gasteiger partial charge in [0, 0.05) is 34.8 Å². The fourth-order valence-electron chi connectivity index (χ4n) is 2.61. The number of halogens is 3. The summed E-state index contributed by atoms with van der Waals surface area (Å²) in [6, 6.07) is 7.97. The normalized spacial score (nSPS) is 13.8. The summed E-state index contributed by atoms with van der Waals surface area (Å²) >= 11 is 1.36. The molecule has 138 valence electrons. The number of nitrogens with zero attached hydrogens (tertiary/aromatic N) is 1. The molecule has 3 rings (SSSR count). The van der Waals surface area contributed by atoms with Gasteiger partial charge in [-0.15, -0.1) is 0 Å². The van der Waals surface area contributed by atoms with Crippen LogP contribution >= 0.6 is 11.8 Å². The summed E-state index contributed by atoms with van der Waals surface area (Å²) in [6.45, 7) is 0.290. The molecule has 0 radical (unpaired) electrons. The summed E-state index contributed by atoms with van der Waals surface area (Å²) in [6.07, 6.45) is -4.38. The lowest BCUT2D eigenvalue weighted by Gasteiger charge is -2.20. The SMILES string of the molecule is O=[N+]([O-])c1cc2c(c(CSCc3cccc(C(F)(F)F)c3)c1)OCOC2. The van der Waals surface area contributed by atoms with Gasteiger partial charge in [-0.1, -0.05) is 18.2 Å². The van der Waals surface area contributed by atoms with Crippen molar-refractivity contribution in [3.05, 3.63) is 68.8 Å². The summed E-state index contributed by atoms with van der Waals surface area (Å²) < 4.78 is 48.9. The fourth-order valence-corrected chi connectivity index (χ4v) is 3.56. The second-order valence-electron chi connectivity index (χ2n) is 5.65. The Hall–Kier alpha value is -2.26. The third-order valence-electron chi connectivity index (χ3n) is 3.76. The van der Waals surface area contributed by atoms with E-state index in [1.807, 2.05) is 0 Å². The Morgan fingerprint density at radius 3 is 2.73 bits per heavy atom.